The molecule has 19 heavy (non-hydrogen) atoms. The van der Waals surface area contributed by atoms with Crippen LogP contribution < -0.4 is 10.3 Å². The van der Waals surface area contributed by atoms with Gasteiger partial charge in [-0.2, -0.15) is 0 Å². The zero-order chi connectivity index (χ0) is 13.4. The Morgan fingerprint density at radius 1 is 1.32 bits per heavy atom. The number of fused-ring (bicyclic) bond motifs is 1. The van der Waals surface area contributed by atoms with Crippen molar-refractivity contribution in [3.05, 3.63) is 57.8 Å². The van der Waals surface area contributed by atoms with E-state index < -0.39 is 0 Å². The van der Waals surface area contributed by atoms with Gasteiger partial charge in [-0.05, 0) is 24.6 Å². The van der Waals surface area contributed by atoms with Gasteiger partial charge in [0.2, 0.25) is 0 Å². The van der Waals surface area contributed by atoms with E-state index in [4.69, 9.17) is 4.74 Å². The lowest BCUT2D eigenvalue weighted by Crippen LogP contribution is -2.28. The molecule has 1 aliphatic heterocycles. The number of nitrogens with zero attached hydrogens (tertiary/aromatic N) is 1. The zero-order valence-electron chi connectivity index (χ0n) is 10.3. The van der Waals surface area contributed by atoms with Gasteiger partial charge in [0.1, 0.15) is 5.75 Å². The summed E-state index contributed by atoms with van der Waals surface area (Å²) in [5.41, 5.74) is 1.87. The molecule has 5 nitrogen and oxygen atoms in total. The first-order valence-corrected chi connectivity index (χ1v) is 5.99. The van der Waals surface area contributed by atoms with Crippen molar-refractivity contribution >= 4 is 5.97 Å². The van der Waals surface area contributed by atoms with Crippen LogP contribution in [0.5, 0.6) is 5.75 Å². The van der Waals surface area contributed by atoms with Crippen molar-refractivity contribution in [1.82, 2.24) is 9.97 Å². The minimum absolute atomic E-state index is 0.170. The molecule has 3 heterocycles. The third kappa shape index (κ3) is 2.03. The molecule has 1 aliphatic rings. The van der Waals surface area contributed by atoms with Crippen LogP contribution in [0.2, 0.25) is 0 Å². The Morgan fingerprint density at radius 3 is 2.79 bits per heavy atom. The highest BCUT2D eigenvalue weighted by molar-refractivity contribution is 5.77. The number of hydrogen-bond donors (Lipinski definition) is 1. The van der Waals surface area contributed by atoms with E-state index in [0.717, 1.165) is 5.56 Å². The first-order chi connectivity index (χ1) is 9.15. The predicted octanol–water partition coefficient (Wildman–Crippen LogP) is 1.52. The summed E-state index contributed by atoms with van der Waals surface area (Å²) in [5.74, 6) is -0.234. The second-order valence-electron chi connectivity index (χ2n) is 4.57. The molecule has 1 atom stereocenters. The number of carbonyl (C=O) groups is 1. The molecule has 0 aliphatic carbocycles. The maximum Gasteiger partial charge on any atom is 0.312 e. The first kappa shape index (κ1) is 11.6. The summed E-state index contributed by atoms with van der Waals surface area (Å²) in [6.45, 7) is 1.76. The quantitative estimate of drug-likeness (QED) is 0.785. The third-order valence-electron chi connectivity index (χ3n) is 3.22. The highest BCUT2D eigenvalue weighted by atomic mass is 16.5. The van der Waals surface area contributed by atoms with Crippen LogP contribution >= 0.6 is 0 Å². The molecule has 0 saturated carbocycles. The third-order valence-corrected chi connectivity index (χ3v) is 3.22. The molecule has 1 unspecified atom stereocenters. The van der Waals surface area contributed by atoms with Crippen LogP contribution in [0.15, 0.2) is 35.4 Å². The fraction of sp³-hybridized carbons (Fsp3) is 0.214. The van der Waals surface area contributed by atoms with Gasteiger partial charge < -0.3 is 9.72 Å². The standard InChI is InChI=1S/C14H12N2O3/c1-8-6-11-13(14(18)16-8)10(7-12(17)19-11)9-2-4-15-5-3-9/h2-6,10H,7H2,1H3,(H,16,18). The van der Waals surface area contributed by atoms with Crippen molar-refractivity contribution in [1.29, 1.82) is 0 Å². The molecular weight excluding hydrogens is 244 g/mol. The Labute approximate surface area is 109 Å². The van der Waals surface area contributed by atoms with Gasteiger partial charge in [-0.15, -0.1) is 0 Å². The molecule has 2 aromatic heterocycles. The minimum Gasteiger partial charge on any atom is -0.426 e. The number of aromatic amines is 1. The Balaban J connectivity index is 2.20. The number of hydrogen-bond acceptors (Lipinski definition) is 4. The number of ether oxygens (including phenoxy) is 1. The molecule has 0 radical (unpaired) electrons. The summed E-state index contributed by atoms with van der Waals surface area (Å²) in [6.07, 6.45) is 3.47. The lowest BCUT2D eigenvalue weighted by atomic mass is 9.87. The van der Waals surface area contributed by atoms with Crippen LogP contribution in [0.3, 0.4) is 0 Å². The summed E-state index contributed by atoms with van der Waals surface area (Å²) in [4.78, 5) is 30.5. The number of aryl methyl sites for hydroxylation is 1. The molecule has 0 fully saturated rings. The van der Waals surface area contributed by atoms with E-state index >= 15 is 0 Å². The van der Waals surface area contributed by atoms with E-state index in [9.17, 15) is 9.59 Å². The van der Waals surface area contributed by atoms with Crippen molar-refractivity contribution in [2.24, 2.45) is 0 Å². The van der Waals surface area contributed by atoms with Crippen LogP contribution in [0.1, 0.15) is 29.2 Å². The van der Waals surface area contributed by atoms with E-state index in [0.29, 0.717) is 17.0 Å². The van der Waals surface area contributed by atoms with Gasteiger partial charge in [0, 0.05) is 30.1 Å². The van der Waals surface area contributed by atoms with Crippen molar-refractivity contribution in [2.45, 2.75) is 19.3 Å². The largest absolute Gasteiger partial charge is 0.426 e. The summed E-state index contributed by atoms with van der Waals surface area (Å²) in [5, 5.41) is 0. The topological polar surface area (TPSA) is 72.0 Å². The maximum atomic E-state index is 12.1. The maximum absolute atomic E-state index is 12.1. The SMILES string of the molecule is Cc1cc2c(c(=O)[nH]1)C(c1ccncc1)CC(=O)O2. The molecule has 0 aromatic carbocycles. The molecule has 5 heteroatoms. The lowest BCUT2D eigenvalue weighted by molar-refractivity contribution is -0.135. The second-order valence-corrected chi connectivity index (χ2v) is 4.57. The van der Waals surface area contributed by atoms with Gasteiger partial charge in [0.05, 0.1) is 12.0 Å². The van der Waals surface area contributed by atoms with Crippen molar-refractivity contribution < 1.29 is 9.53 Å². The monoisotopic (exact) mass is 256 g/mol. The molecule has 0 amide bonds. The molecule has 2 aromatic rings. The summed E-state index contributed by atoms with van der Waals surface area (Å²) >= 11 is 0. The Morgan fingerprint density at radius 2 is 2.05 bits per heavy atom. The van der Waals surface area contributed by atoms with Crippen molar-refractivity contribution in [3.8, 4) is 5.75 Å². The molecule has 1 N–H and O–H groups in total. The van der Waals surface area contributed by atoms with E-state index in [1.165, 1.54) is 0 Å². The Kier molecular flexibility index (Phi) is 2.67. The normalized spacial score (nSPS) is 17.7. The molecule has 0 bridgehead atoms. The fourth-order valence-electron chi connectivity index (χ4n) is 2.40. The van der Waals surface area contributed by atoms with Crippen molar-refractivity contribution in [3.63, 3.8) is 0 Å². The van der Waals surface area contributed by atoms with E-state index in [1.807, 2.05) is 12.1 Å². The van der Waals surface area contributed by atoms with Crippen LogP contribution in [0, 0.1) is 6.92 Å². The van der Waals surface area contributed by atoms with Crippen LogP contribution in [0.4, 0.5) is 0 Å². The summed E-state index contributed by atoms with van der Waals surface area (Å²) in [6, 6.07) is 5.31. The first-order valence-electron chi connectivity index (χ1n) is 5.99. The number of carbonyl (C=O) groups excluding carboxylic acids is 1. The van der Waals surface area contributed by atoms with E-state index in [-0.39, 0.29) is 23.9 Å². The average molecular weight is 256 g/mol. The Hall–Kier alpha value is -2.43. The van der Waals surface area contributed by atoms with Gasteiger partial charge in [-0.3, -0.25) is 14.6 Å². The summed E-state index contributed by atoms with van der Waals surface area (Å²) in [7, 11) is 0. The van der Waals surface area contributed by atoms with Gasteiger partial charge in [0.15, 0.2) is 0 Å². The summed E-state index contributed by atoms with van der Waals surface area (Å²) < 4.78 is 5.17. The number of H-pyrrole nitrogens is 1. The second kappa shape index (κ2) is 4.35. The van der Waals surface area contributed by atoms with Crippen LogP contribution in [0.25, 0.3) is 0 Å². The van der Waals surface area contributed by atoms with Crippen LogP contribution in [-0.2, 0) is 4.79 Å². The van der Waals surface area contributed by atoms with E-state index in [2.05, 4.69) is 9.97 Å². The molecular formula is C14H12N2O3. The molecule has 3 rings (SSSR count). The van der Waals surface area contributed by atoms with Crippen LogP contribution in [-0.4, -0.2) is 15.9 Å². The van der Waals surface area contributed by atoms with Gasteiger partial charge >= 0.3 is 5.97 Å². The van der Waals surface area contributed by atoms with Gasteiger partial charge in [-0.1, -0.05) is 0 Å². The fourth-order valence-corrected chi connectivity index (χ4v) is 2.40. The molecule has 0 spiro atoms. The van der Waals surface area contributed by atoms with E-state index in [1.54, 1.807) is 25.4 Å². The number of aromatic nitrogens is 2. The highest BCUT2D eigenvalue weighted by Gasteiger charge is 2.31. The highest BCUT2D eigenvalue weighted by Crippen LogP contribution is 2.36. The molecule has 96 valence electrons. The lowest BCUT2D eigenvalue weighted by Gasteiger charge is -2.23. The molecule has 0 saturated heterocycles. The zero-order valence-corrected chi connectivity index (χ0v) is 10.3. The Bertz CT molecular complexity index is 692. The number of pyridine rings is 2. The number of rotatable bonds is 1. The van der Waals surface area contributed by atoms with Gasteiger partial charge in [0.25, 0.3) is 5.56 Å². The number of esters is 1. The van der Waals surface area contributed by atoms with Crippen molar-refractivity contribution in [2.75, 3.05) is 0 Å². The predicted molar refractivity (Wildman–Crippen MR) is 68.1 cm³/mol. The van der Waals surface area contributed by atoms with Gasteiger partial charge in [-0.25, -0.2) is 0 Å². The minimum atomic E-state index is -0.320. The number of nitrogens with one attached hydrogen (secondary N) is 1. The smallest absolute Gasteiger partial charge is 0.312 e. The average Bonchev–Trinajstić information content (AvgIpc) is 2.38.